The zero-order chi connectivity index (χ0) is 7.44. The summed E-state index contributed by atoms with van der Waals surface area (Å²) in [5.41, 5.74) is 5.35. The molecule has 0 fully saturated rings. The van der Waals surface area contributed by atoms with Gasteiger partial charge < -0.3 is 10.5 Å². The molecule has 0 bridgehead atoms. The third-order valence-electron chi connectivity index (χ3n) is 0.968. The fourth-order valence-corrected chi connectivity index (χ4v) is 0.539. The Bertz CT molecular complexity index is 105. The highest BCUT2D eigenvalue weighted by atomic mass is 79.9. The normalized spacial score (nSPS) is 16.4. The Morgan fingerprint density at radius 3 is 2.33 bits per heavy atom. The summed E-state index contributed by atoms with van der Waals surface area (Å²) in [7, 11) is 1.32. The van der Waals surface area contributed by atoms with Gasteiger partial charge in [-0.15, -0.1) is 0 Å². The van der Waals surface area contributed by atoms with Crippen molar-refractivity contribution in [2.45, 2.75) is 17.8 Å². The van der Waals surface area contributed by atoms with E-state index < -0.39 is 6.04 Å². The molecule has 2 N–H and O–H groups in total. The molecular formula is C5H10BrNO2. The largest absolute Gasteiger partial charge is 0.468 e. The zero-order valence-electron chi connectivity index (χ0n) is 5.43. The third-order valence-corrected chi connectivity index (χ3v) is 1.54. The van der Waals surface area contributed by atoms with Crippen LogP contribution in [-0.4, -0.2) is 23.9 Å². The molecule has 0 amide bonds. The fraction of sp³-hybridized carbons (Fsp3) is 0.800. The molecule has 0 radical (unpaired) electrons. The van der Waals surface area contributed by atoms with Crippen molar-refractivity contribution in [3.8, 4) is 0 Å². The monoisotopic (exact) mass is 195 g/mol. The topological polar surface area (TPSA) is 52.3 Å². The van der Waals surface area contributed by atoms with Crippen molar-refractivity contribution in [2.24, 2.45) is 5.73 Å². The minimum absolute atomic E-state index is 0.0371. The predicted octanol–water partition coefficient (Wildman–Crippen LogP) is 0.270. The minimum atomic E-state index is -0.560. The first-order chi connectivity index (χ1) is 4.09. The molecule has 9 heavy (non-hydrogen) atoms. The van der Waals surface area contributed by atoms with Crippen LogP contribution in [-0.2, 0) is 9.53 Å². The highest BCUT2D eigenvalue weighted by Gasteiger charge is 2.18. The van der Waals surface area contributed by atoms with E-state index in [1.807, 2.05) is 0 Å². The standard InChI is InChI=1S/C5H10BrNO2/c1-3(6)4(7)5(8)9-2/h3-4H,7H2,1-2H3/t3-,4+/m1/s1. The lowest BCUT2D eigenvalue weighted by atomic mass is 10.2. The van der Waals surface area contributed by atoms with E-state index in [-0.39, 0.29) is 10.8 Å². The molecule has 4 heteroatoms. The smallest absolute Gasteiger partial charge is 0.323 e. The molecule has 0 saturated carbocycles. The van der Waals surface area contributed by atoms with Crippen molar-refractivity contribution in [1.82, 2.24) is 0 Å². The van der Waals surface area contributed by atoms with Gasteiger partial charge in [0.15, 0.2) is 0 Å². The summed E-state index contributed by atoms with van der Waals surface area (Å²) in [6.07, 6.45) is 0. The van der Waals surface area contributed by atoms with Crippen LogP contribution in [0.1, 0.15) is 6.92 Å². The number of rotatable bonds is 2. The Balaban J connectivity index is 3.72. The summed E-state index contributed by atoms with van der Waals surface area (Å²) in [6.45, 7) is 1.79. The van der Waals surface area contributed by atoms with E-state index in [4.69, 9.17) is 5.73 Å². The van der Waals surface area contributed by atoms with Crippen molar-refractivity contribution in [3.63, 3.8) is 0 Å². The van der Waals surface area contributed by atoms with Crippen LogP contribution in [0.4, 0.5) is 0 Å². The van der Waals surface area contributed by atoms with Gasteiger partial charge in [-0.2, -0.15) is 0 Å². The molecule has 0 aromatic rings. The van der Waals surface area contributed by atoms with E-state index in [9.17, 15) is 4.79 Å². The lowest BCUT2D eigenvalue weighted by Crippen LogP contribution is -2.37. The summed E-state index contributed by atoms with van der Waals surface area (Å²) >= 11 is 3.16. The maximum atomic E-state index is 10.6. The van der Waals surface area contributed by atoms with E-state index >= 15 is 0 Å². The van der Waals surface area contributed by atoms with E-state index in [1.165, 1.54) is 7.11 Å². The van der Waals surface area contributed by atoms with Gasteiger partial charge >= 0.3 is 5.97 Å². The third kappa shape index (κ3) is 2.81. The zero-order valence-corrected chi connectivity index (χ0v) is 7.01. The van der Waals surface area contributed by atoms with E-state index in [0.29, 0.717) is 0 Å². The van der Waals surface area contributed by atoms with Crippen LogP contribution < -0.4 is 5.73 Å². The molecule has 0 aliphatic rings. The minimum Gasteiger partial charge on any atom is -0.468 e. The number of carbonyl (C=O) groups is 1. The fourth-order valence-electron chi connectivity index (χ4n) is 0.324. The van der Waals surface area contributed by atoms with E-state index in [1.54, 1.807) is 6.92 Å². The molecule has 0 heterocycles. The highest BCUT2D eigenvalue weighted by molar-refractivity contribution is 9.09. The number of hydrogen-bond donors (Lipinski definition) is 1. The summed E-state index contributed by atoms with van der Waals surface area (Å²) in [6, 6.07) is -0.560. The maximum Gasteiger partial charge on any atom is 0.323 e. The first-order valence-electron chi connectivity index (χ1n) is 2.57. The van der Waals surface area contributed by atoms with Crippen molar-refractivity contribution in [3.05, 3.63) is 0 Å². The van der Waals surface area contributed by atoms with Gasteiger partial charge in [0, 0.05) is 4.83 Å². The second kappa shape index (κ2) is 3.85. The van der Waals surface area contributed by atoms with Gasteiger partial charge in [-0.25, -0.2) is 0 Å². The van der Waals surface area contributed by atoms with Crippen molar-refractivity contribution in [2.75, 3.05) is 7.11 Å². The van der Waals surface area contributed by atoms with Crippen molar-refractivity contribution in [1.29, 1.82) is 0 Å². The lowest BCUT2D eigenvalue weighted by Gasteiger charge is -2.09. The Labute approximate surface area is 62.7 Å². The van der Waals surface area contributed by atoms with Gasteiger partial charge in [0.1, 0.15) is 6.04 Å². The van der Waals surface area contributed by atoms with Crippen molar-refractivity contribution < 1.29 is 9.53 Å². The van der Waals surface area contributed by atoms with Gasteiger partial charge in [-0.05, 0) is 0 Å². The molecule has 0 unspecified atom stereocenters. The van der Waals surface area contributed by atoms with Crippen LogP contribution in [0.15, 0.2) is 0 Å². The molecule has 0 aliphatic heterocycles. The Morgan fingerprint density at radius 2 is 2.22 bits per heavy atom. The van der Waals surface area contributed by atoms with Crippen LogP contribution in [0.25, 0.3) is 0 Å². The molecular weight excluding hydrogens is 186 g/mol. The summed E-state index contributed by atoms with van der Waals surface area (Å²) in [5.74, 6) is -0.389. The second-order valence-electron chi connectivity index (χ2n) is 1.73. The van der Waals surface area contributed by atoms with Crippen molar-refractivity contribution >= 4 is 21.9 Å². The molecule has 2 atom stereocenters. The van der Waals surface area contributed by atoms with Gasteiger partial charge in [-0.3, -0.25) is 4.79 Å². The second-order valence-corrected chi connectivity index (χ2v) is 3.17. The number of carbonyl (C=O) groups excluding carboxylic acids is 1. The Kier molecular flexibility index (Phi) is 3.81. The summed E-state index contributed by atoms with van der Waals surface area (Å²) < 4.78 is 4.38. The number of hydrogen-bond acceptors (Lipinski definition) is 3. The van der Waals surface area contributed by atoms with Gasteiger partial charge in [-0.1, -0.05) is 22.9 Å². The summed E-state index contributed by atoms with van der Waals surface area (Å²) in [5, 5.41) is 0. The molecule has 54 valence electrons. The van der Waals surface area contributed by atoms with Crippen LogP contribution in [0.2, 0.25) is 0 Å². The Hall–Kier alpha value is -0.0900. The number of alkyl halides is 1. The molecule has 0 spiro atoms. The van der Waals surface area contributed by atoms with Crippen LogP contribution >= 0.6 is 15.9 Å². The summed E-state index contributed by atoms with van der Waals surface area (Å²) in [4.78, 5) is 10.5. The molecule has 0 aromatic carbocycles. The Morgan fingerprint density at radius 1 is 1.78 bits per heavy atom. The van der Waals surface area contributed by atoms with Gasteiger partial charge in [0.05, 0.1) is 7.11 Å². The number of esters is 1. The predicted molar refractivity (Wildman–Crippen MR) is 38.4 cm³/mol. The van der Waals surface area contributed by atoms with Crippen LogP contribution in [0.5, 0.6) is 0 Å². The highest BCUT2D eigenvalue weighted by Crippen LogP contribution is 2.02. The van der Waals surface area contributed by atoms with E-state index in [0.717, 1.165) is 0 Å². The quantitative estimate of drug-likeness (QED) is 0.509. The first-order valence-corrected chi connectivity index (χ1v) is 3.48. The molecule has 0 rings (SSSR count). The number of halogens is 1. The maximum absolute atomic E-state index is 10.6. The molecule has 3 nitrogen and oxygen atoms in total. The van der Waals surface area contributed by atoms with Gasteiger partial charge in [0.2, 0.25) is 0 Å². The SMILES string of the molecule is COC(=O)[C@@H](N)[C@@H](C)Br. The van der Waals surface area contributed by atoms with Crippen LogP contribution in [0.3, 0.4) is 0 Å². The van der Waals surface area contributed by atoms with E-state index in [2.05, 4.69) is 20.7 Å². The number of ether oxygens (including phenoxy) is 1. The average Bonchev–Trinajstić information content (AvgIpc) is 1.84. The molecule has 0 saturated heterocycles. The van der Waals surface area contributed by atoms with Gasteiger partial charge in [0.25, 0.3) is 0 Å². The lowest BCUT2D eigenvalue weighted by molar-refractivity contribution is -0.142. The van der Waals surface area contributed by atoms with Crippen LogP contribution in [0, 0.1) is 0 Å². The average molecular weight is 196 g/mol. The molecule has 0 aromatic heterocycles. The number of nitrogens with two attached hydrogens (primary N) is 1. The first kappa shape index (κ1) is 8.91. The molecule has 0 aliphatic carbocycles. The number of methoxy groups -OCH3 is 1.